The van der Waals surface area contributed by atoms with E-state index in [0.29, 0.717) is 19.0 Å². The van der Waals surface area contributed by atoms with Gasteiger partial charge >= 0.3 is 6.03 Å². The Labute approximate surface area is 132 Å². The van der Waals surface area contributed by atoms with E-state index >= 15 is 0 Å². The number of urea groups is 1. The highest BCUT2D eigenvalue weighted by Crippen LogP contribution is 2.09. The minimum absolute atomic E-state index is 0.114. The molecule has 2 amide bonds. The third-order valence-electron chi connectivity index (χ3n) is 3.46. The molecule has 0 spiro atoms. The van der Waals surface area contributed by atoms with Crippen molar-refractivity contribution in [3.63, 3.8) is 0 Å². The molecule has 1 aromatic heterocycles. The molecule has 0 aliphatic carbocycles. The van der Waals surface area contributed by atoms with Gasteiger partial charge < -0.3 is 15.2 Å². The van der Waals surface area contributed by atoms with Crippen LogP contribution in [0.2, 0.25) is 0 Å². The lowest BCUT2D eigenvalue weighted by Crippen LogP contribution is -2.37. The van der Waals surface area contributed by atoms with Gasteiger partial charge in [-0.3, -0.25) is 0 Å². The summed E-state index contributed by atoms with van der Waals surface area (Å²) in [5.74, 6) is 0.455. The fourth-order valence-electron chi connectivity index (χ4n) is 2.30. The van der Waals surface area contributed by atoms with Crippen LogP contribution in [0.4, 0.5) is 4.79 Å². The normalized spacial score (nSPS) is 10.7. The first-order valence-corrected chi connectivity index (χ1v) is 7.76. The molecular weight excluding hydrogens is 274 g/mol. The van der Waals surface area contributed by atoms with Crippen molar-refractivity contribution in [1.82, 2.24) is 15.2 Å². The van der Waals surface area contributed by atoms with Gasteiger partial charge in [0.25, 0.3) is 0 Å². The Bertz CT molecular complexity index is 616. The van der Waals surface area contributed by atoms with Gasteiger partial charge in [0.15, 0.2) is 0 Å². The number of benzene rings is 1. The third kappa shape index (κ3) is 4.95. The Morgan fingerprint density at radius 1 is 1.18 bits per heavy atom. The summed E-state index contributed by atoms with van der Waals surface area (Å²) in [6, 6.07) is 12.4. The fourth-order valence-corrected chi connectivity index (χ4v) is 2.30. The maximum absolute atomic E-state index is 11.7. The van der Waals surface area contributed by atoms with Crippen molar-refractivity contribution in [2.75, 3.05) is 6.54 Å². The Kier molecular flexibility index (Phi) is 5.64. The second-order valence-electron chi connectivity index (χ2n) is 6.07. The summed E-state index contributed by atoms with van der Waals surface area (Å²) < 4.78 is 2.16. The molecule has 4 nitrogen and oxygen atoms in total. The van der Waals surface area contributed by atoms with Crippen LogP contribution in [0.5, 0.6) is 0 Å². The van der Waals surface area contributed by atoms with Crippen molar-refractivity contribution in [1.29, 1.82) is 0 Å². The smallest absolute Gasteiger partial charge is 0.315 e. The van der Waals surface area contributed by atoms with Gasteiger partial charge in [0.1, 0.15) is 0 Å². The molecule has 0 bridgehead atoms. The molecule has 2 rings (SSSR count). The van der Waals surface area contributed by atoms with Gasteiger partial charge in [-0.1, -0.05) is 43.7 Å². The highest BCUT2D eigenvalue weighted by atomic mass is 16.2. The van der Waals surface area contributed by atoms with Crippen LogP contribution in [0, 0.1) is 12.8 Å². The second-order valence-corrected chi connectivity index (χ2v) is 6.07. The number of carbonyl (C=O) groups excluding carboxylic acids is 1. The molecule has 2 N–H and O–H groups in total. The number of hydrogen-bond acceptors (Lipinski definition) is 1. The topological polar surface area (TPSA) is 46.1 Å². The maximum Gasteiger partial charge on any atom is 0.315 e. The molecule has 118 valence electrons. The largest absolute Gasteiger partial charge is 0.345 e. The molecule has 2 aromatic rings. The van der Waals surface area contributed by atoms with Gasteiger partial charge in [-0.15, -0.1) is 0 Å². The quantitative estimate of drug-likeness (QED) is 0.844. The standard InChI is InChI=1S/C18H25N3O/c1-14(2)11-19-18(22)20-12-17-8-5-9-21(17)13-16-7-4-6-15(3)10-16/h4-10,14H,11-13H2,1-3H3,(H2,19,20,22). The Morgan fingerprint density at radius 3 is 2.73 bits per heavy atom. The van der Waals surface area contributed by atoms with Gasteiger partial charge in [0, 0.05) is 25.0 Å². The van der Waals surface area contributed by atoms with Crippen molar-refractivity contribution in [2.24, 2.45) is 5.92 Å². The summed E-state index contributed by atoms with van der Waals surface area (Å²) in [5.41, 5.74) is 3.63. The maximum atomic E-state index is 11.7. The van der Waals surface area contributed by atoms with Crippen LogP contribution < -0.4 is 10.6 Å². The monoisotopic (exact) mass is 299 g/mol. The summed E-state index contributed by atoms with van der Waals surface area (Å²) in [6.07, 6.45) is 2.05. The molecule has 0 saturated carbocycles. The third-order valence-corrected chi connectivity index (χ3v) is 3.46. The molecule has 0 unspecified atom stereocenters. The van der Waals surface area contributed by atoms with Gasteiger partial charge in [0.2, 0.25) is 0 Å². The molecule has 1 aromatic carbocycles. The van der Waals surface area contributed by atoms with Crippen LogP contribution in [-0.4, -0.2) is 17.1 Å². The van der Waals surface area contributed by atoms with E-state index < -0.39 is 0 Å². The zero-order valence-electron chi connectivity index (χ0n) is 13.6. The summed E-state index contributed by atoms with van der Waals surface area (Å²) in [6.45, 7) is 8.29. The molecule has 0 fully saturated rings. The number of nitrogens with zero attached hydrogens (tertiary/aromatic N) is 1. The van der Waals surface area contributed by atoms with E-state index in [0.717, 1.165) is 12.2 Å². The van der Waals surface area contributed by atoms with E-state index in [1.807, 2.05) is 18.3 Å². The minimum Gasteiger partial charge on any atom is -0.345 e. The zero-order valence-corrected chi connectivity index (χ0v) is 13.6. The summed E-state index contributed by atoms with van der Waals surface area (Å²) >= 11 is 0. The number of amides is 2. The summed E-state index contributed by atoms with van der Waals surface area (Å²) in [4.78, 5) is 11.7. The number of rotatable bonds is 6. The number of hydrogen-bond donors (Lipinski definition) is 2. The van der Waals surface area contributed by atoms with E-state index in [1.54, 1.807) is 0 Å². The molecule has 1 heterocycles. The van der Waals surface area contributed by atoms with E-state index in [1.165, 1.54) is 11.1 Å². The van der Waals surface area contributed by atoms with E-state index in [-0.39, 0.29) is 6.03 Å². The molecule has 0 radical (unpaired) electrons. The lowest BCUT2D eigenvalue weighted by Gasteiger charge is -2.12. The van der Waals surface area contributed by atoms with Gasteiger partial charge in [-0.05, 0) is 30.5 Å². The molecule has 0 saturated heterocycles. The highest BCUT2D eigenvalue weighted by molar-refractivity contribution is 5.73. The van der Waals surface area contributed by atoms with Gasteiger partial charge in [-0.2, -0.15) is 0 Å². The number of nitrogens with one attached hydrogen (secondary N) is 2. The lowest BCUT2D eigenvalue weighted by atomic mass is 10.1. The van der Waals surface area contributed by atoms with Gasteiger partial charge in [-0.25, -0.2) is 4.79 Å². The molecule has 22 heavy (non-hydrogen) atoms. The molecule has 0 aliphatic rings. The molecular formula is C18H25N3O. The predicted molar refractivity (Wildman–Crippen MR) is 89.8 cm³/mol. The second kappa shape index (κ2) is 7.69. The van der Waals surface area contributed by atoms with Gasteiger partial charge in [0.05, 0.1) is 6.54 Å². The molecule has 0 atom stereocenters. The van der Waals surface area contributed by atoms with Crippen molar-refractivity contribution in [3.8, 4) is 0 Å². The van der Waals surface area contributed by atoms with Crippen LogP contribution in [0.15, 0.2) is 42.6 Å². The SMILES string of the molecule is Cc1cccc(Cn2cccc2CNC(=O)NCC(C)C)c1. The average Bonchev–Trinajstić information content (AvgIpc) is 2.90. The van der Waals surface area contributed by atoms with Crippen LogP contribution in [0.3, 0.4) is 0 Å². The summed E-state index contributed by atoms with van der Waals surface area (Å²) in [5, 5.41) is 5.77. The van der Waals surface area contributed by atoms with Crippen LogP contribution in [0.1, 0.15) is 30.7 Å². The van der Waals surface area contributed by atoms with E-state index in [2.05, 4.69) is 60.2 Å². The van der Waals surface area contributed by atoms with E-state index in [9.17, 15) is 4.79 Å². The fraction of sp³-hybridized carbons (Fsp3) is 0.389. The first-order valence-electron chi connectivity index (χ1n) is 7.76. The van der Waals surface area contributed by atoms with Crippen LogP contribution in [-0.2, 0) is 13.1 Å². The van der Waals surface area contributed by atoms with Crippen molar-refractivity contribution < 1.29 is 4.79 Å². The van der Waals surface area contributed by atoms with E-state index in [4.69, 9.17) is 0 Å². The number of aryl methyl sites for hydroxylation is 1. The minimum atomic E-state index is -0.114. The molecule has 0 aliphatic heterocycles. The summed E-state index contributed by atoms with van der Waals surface area (Å²) in [7, 11) is 0. The number of carbonyl (C=O) groups is 1. The zero-order chi connectivity index (χ0) is 15.9. The Morgan fingerprint density at radius 2 is 2.00 bits per heavy atom. The Balaban J connectivity index is 1.91. The first kappa shape index (κ1) is 16.1. The highest BCUT2D eigenvalue weighted by Gasteiger charge is 2.05. The molecule has 4 heteroatoms. The number of aromatic nitrogens is 1. The average molecular weight is 299 g/mol. The predicted octanol–water partition coefficient (Wildman–Crippen LogP) is 3.30. The van der Waals surface area contributed by atoms with Crippen LogP contribution >= 0.6 is 0 Å². The lowest BCUT2D eigenvalue weighted by molar-refractivity contribution is 0.239. The first-order chi connectivity index (χ1) is 10.5. The van der Waals surface area contributed by atoms with Crippen LogP contribution in [0.25, 0.3) is 0 Å². The van der Waals surface area contributed by atoms with Crippen molar-refractivity contribution in [3.05, 3.63) is 59.4 Å². The van der Waals surface area contributed by atoms with Crippen molar-refractivity contribution in [2.45, 2.75) is 33.9 Å². The Hall–Kier alpha value is -2.23. The van der Waals surface area contributed by atoms with Crippen molar-refractivity contribution >= 4 is 6.03 Å².